The molecule has 0 spiro atoms. The molecule has 2 aromatic carbocycles. The summed E-state index contributed by atoms with van der Waals surface area (Å²) in [5, 5.41) is 24.9. The van der Waals surface area contributed by atoms with Crippen LogP contribution in [0.4, 0.5) is 0 Å². The topological polar surface area (TPSA) is 139 Å². The van der Waals surface area contributed by atoms with Gasteiger partial charge in [0.15, 0.2) is 0 Å². The maximum Gasteiger partial charge on any atom is 0.336 e. The molecular formula is C24H32N4O6. The van der Waals surface area contributed by atoms with Crippen molar-refractivity contribution in [3.63, 3.8) is 0 Å². The molecule has 2 rings (SSSR count). The first kappa shape index (κ1) is 26.7. The zero-order valence-electron chi connectivity index (χ0n) is 20.0. The lowest BCUT2D eigenvalue weighted by Crippen LogP contribution is -2.29. The van der Waals surface area contributed by atoms with Gasteiger partial charge in [-0.2, -0.15) is 0 Å². The molecule has 0 radical (unpaired) electrons. The van der Waals surface area contributed by atoms with Crippen LogP contribution < -0.4 is 10.6 Å². The molecule has 0 saturated heterocycles. The standard InChI is InChI=1S/C24H32N4O6/c1-27(2)13-5-11-25-21(29)15-7-8-16(22(30)26-12-6-14-28(3)4)20-18(24(33)34)10-9-17(19(15)20)23(31)32/h7-10H,5-6,11-14H2,1-4H3,(H,25,29)(H,26,30)(H,31,32)(H,33,34). The first-order chi connectivity index (χ1) is 16.0. The minimum Gasteiger partial charge on any atom is -0.478 e. The molecule has 0 atom stereocenters. The molecule has 2 aromatic rings. The van der Waals surface area contributed by atoms with Crippen molar-refractivity contribution >= 4 is 34.5 Å². The highest BCUT2D eigenvalue weighted by Gasteiger charge is 2.25. The predicted molar refractivity (Wildman–Crippen MR) is 129 cm³/mol. The summed E-state index contributed by atoms with van der Waals surface area (Å²) in [5.74, 6) is -3.72. The van der Waals surface area contributed by atoms with E-state index in [2.05, 4.69) is 10.6 Å². The van der Waals surface area contributed by atoms with Crippen molar-refractivity contribution in [3.8, 4) is 0 Å². The van der Waals surface area contributed by atoms with E-state index in [1.807, 2.05) is 38.0 Å². The lowest BCUT2D eigenvalue weighted by atomic mass is 9.91. The number of carbonyl (C=O) groups is 4. The second kappa shape index (κ2) is 12.1. The van der Waals surface area contributed by atoms with Gasteiger partial charge in [-0.3, -0.25) is 9.59 Å². The van der Waals surface area contributed by atoms with Crippen LogP contribution in [0, 0.1) is 0 Å². The molecule has 0 aliphatic heterocycles. The Morgan fingerprint density at radius 3 is 1.26 bits per heavy atom. The number of amides is 2. The van der Waals surface area contributed by atoms with Gasteiger partial charge in [-0.15, -0.1) is 0 Å². The number of fused-ring (bicyclic) bond motifs is 1. The fourth-order valence-corrected chi connectivity index (χ4v) is 3.62. The van der Waals surface area contributed by atoms with E-state index in [-0.39, 0.29) is 33.0 Å². The average molecular weight is 473 g/mol. The summed E-state index contributed by atoms with van der Waals surface area (Å²) in [6, 6.07) is 5.04. The van der Waals surface area contributed by atoms with Crippen molar-refractivity contribution in [2.45, 2.75) is 12.8 Å². The molecule has 0 saturated carbocycles. The fourth-order valence-electron chi connectivity index (χ4n) is 3.62. The Labute approximate surface area is 198 Å². The summed E-state index contributed by atoms with van der Waals surface area (Å²) >= 11 is 0. The van der Waals surface area contributed by atoms with Gasteiger partial charge in [-0.05, 0) is 78.4 Å². The Hall–Kier alpha value is -3.50. The Balaban J connectivity index is 2.55. The highest BCUT2D eigenvalue weighted by atomic mass is 16.4. The number of carboxylic acids is 2. The van der Waals surface area contributed by atoms with E-state index >= 15 is 0 Å². The predicted octanol–water partition coefficient (Wildman–Crippen LogP) is 1.60. The normalized spacial score (nSPS) is 11.1. The molecule has 10 heteroatoms. The Bertz CT molecular complexity index is 996. The summed E-state index contributed by atoms with van der Waals surface area (Å²) in [4.78, 5) is 53.8. The number of nitrogens with zero attached hydrogens (tertiary/aromatic N) is 2. The number of nitrogens with one attached hydrogen (secondary N) is 2. The van der Waals surface area contributed by atoms with Gasteiger partial charge in [0.1, 0.15) is 0 Å². The fraction of sp³-hybridized carbons (Fsp3) is 0.417. The van der Waals surface area contributed by atoms with Crippen molar-refractivity contribution in [2.75, 3.05) is 54.4 Å². The molecule has 34 heavy (non-hydrogen) atoms. The zero-order chi connectivity index (χ0) is 25.4. The first-order valence-corrected chi connectivity index (χ1v) is 11.0. The Kier molecular flexibility index (Phi) is 9.52. The van der Waals surface area contributed by atoms with Crippen molar-refractivity contribution in [1.29, 1.82) is 0 Å². The number of carbonyl (C=O) groups excluding carboxylic acids is 2. The van der Waals surface area contributed by atoms with E-state index < -0.39 is 23.8 Å². The van der Waals surface area contributed by atoms with E-state index in [1.165, 1.54) is 12.1 Å². The van der Waals surface area contributed by atoms with Crippen LogP contribution in [0.5, 0.6) is 0 Å². The maximum absolute atomic E-state index is 12.9. The quantitative estimate of drug-likeness (QED) is 0.342. The minimum absolute atomic E-state index is 0.00418. The third-order valence-electron chi connectivity index (χ3n) is 5.25. The van der Waals surface area contributed by atoms with Crippen LogP contribution >= 0.6 is 0 Å². The van der Waals surface area contributed by atoms with E-state index in [9.17, 15) is 29.4 Å². The molecule has 0 bridgehead atoms. The van der Waals surface area contributed by atoms with Crippen LogP contribution in [0.3, 0.4) is 0 Å². The van der Waals surface area contributed by atoms with E-state index in [0.29, 0.717) is 25.9 Å². The van der Waals surface area contributed by atoms with Crippen LogP contribution in [0.1, 0.15) is 54.3 Å². The number of hydrogen-bond donors (Lipinski definition) is 4. The van der Waals surface area contributed by atoms with Gasteiger partial charge in [0.2, 0.25) is 0 Å². The highest BCUT2D eigenvalue weighted by Crippen LogP contribution is 2.30. The van der Waals surface area contributed by atoms with Crippen LogP contribution in [0.15, 0.2) is 24.3 Å². The molecular weight excluding hydrogens is 440 g/mol. The van der Waals surface area contributed by atoms with Crippen LogP contribution in [0.2, 0.25) is 0 Å². The maximum atomic E-state index is 12.9. The molecule has 10 nitrogen and oxygen atoms in total. The van der Waals surface area contributed by atoms with E-state index in [1.54, 1.807) is 0 Å². The summed E-state index contributed by atoms with van der Waals surface area (Å²) in [6.45, 7) is 2.20. The van der Waals surface area contributed by atoms with Gasteiger partial charge in [-0.1, -0.05) is 0 Å². The molecule has 2 amide bonds. The number of hydrogen-bond acceptors (Lipinski definition) is 6. The average Bonchev–Trinajstić information content (AvgIpc) is 2.77. The Morgan fingerprint density at radius 1 is 0.647 bits per heavy atom. The summed E-state index contributed by atoms with van der Waals surface area (Å²) < 4.78 is 0. The Morgan fingerprint density at radius 2 is 0.971 bits per heavy atom. The van der Waals surface area contributed by atoms with Gasteiger partial charge in [-0.25, -0.2) is 9.59 Å². The van der Waals surface area contributed by atoms with Gasteiger partial charge in [0, 0.05) is 35.0 Å². The number of benzene rings is 2. The van der Waals surface area contributed by atoms with Gasteiger partial charge in [0.25, 0.3) is 11.8 Å². The largest absolute Gasteiger partial charge is 0.478 e. The summed E-state index contributed by atoms with van der Waals surface area (Å²) in [5.41, 5.74) is -0.490. The van der Waals surface area contributed by atoms with Crippen LogP contribution in [-0.4, -0.2) is 98.1 Å². The van der Waals surface area contributed by atoms with Crippen molar-refractivity contribution in [1.82, 2.24) is 20.4 Å². The van der Waals surface area contributed by atoms with E-state index in [4.69, 9.17) is 0 Å². The second-order valence-corrected chi connectivity index (χ2v) is 8.51. The van der Waals surface area contributed by atoms with Gasteiger partial charge >= 0.3 is 11.9 Å². The highest BCUT2D eigenvalue weighted by molar-refractivity contribution is 6.23. The molecule has 0 aliphatic rings. The lowest BCUT2D eigenvalue weighted by Gasteiger charge is -2.16. The monoisotopic (exact) mass is 472 g/mol. The zero-order valence-corrected chi connectivity index (χ0v) is 20.0. The van der Waals surface area contributed by atoms with Gasteiger partial charge < -0.3 is 30.6 Å². The molecule has 0 aromatic heterocycles. The minimum atomic E-state index is -1.33. The van der Waals surface area contributed by atoms with Crippen molar-refractivity contribution in [3.05, 3.63) is 46.5 Å². The lowest BCUT2D eigenvalue weighted by molar-refractivity contribution is 0.0684. The molecule has 0 unspecified atom stereocenters. The van der Waals surface area contributed by atoms with Crippen molar-refractivity contribution < 1.29 is 29.4 Å². The smallest absolute Gasteiger partial charge is 0.336 e. The summed E-state index contributed by atoms with van der Waals surface area (Å²) in [6.07, 6.45) is 1.35. The SMILES string of the molecule is CN(C)CCCNC(=O)c1ccc(C(=O)NCCCN(C)C)c2c(C(=O)O)ccc(C(=O)O)c12. The second-order valence-electron chi connectivity index (χ2n) is 8.51. The summed E-state index contributed by atoms with van der Waals surface area (Å²) in [7, 11) is 7.64. The number of carboxylic acid groups (broad SMARTS) is 2. The third kappa shape index (κ3) is 6.75. The van der Waals surface area contributed by atoms with Crippen LogP contribution in [0.25, 0.3) is 10.8 Å². The number of rotatable bonds is 12. The molecule has 0 aliphatic carbocycles. The van der Waals surface area contributed by atoms with E-state index in [0.717, 1.165) is 25.2 Å². The van der Waals surface area contributed by atoms with Gasteiger partial charge in [0.05, 0.1) is 11.1 Å². The molecule has 184 valence electrons. The first-order valence-electron chi connectivity index (χ1n) is 11.0. The molecule has 0 fully saturated rings. The molecule has 0 heterocycles. The van der Waals surface area contributed by atoms with Crippen molar-refractivity contribution in [2.24, 2.45) is 0 Å². The molecule has 4 N–H and O–H groups in total. The van der Waals surface area contributed by atoms with Crippen LogP contribution in [-0.2, 0) is 0 Å². The third-order valence-corrected chi connectivity index (χ3v) is 5.25. The number of aromatic carboxylic acids is 2.